The number of anilines is 1. The topological polar surface area (TPSA) is 86.8 Å². The maximum atomic E-state index is 13.7. The Bertz CT molecular complexity index is 1140. The zero-order chi connectivity index (χ0) is 26.3. The van der Waals surface area contributed by atoms with Gasteiger partial charge in [-0.2, -0.15) is 0 Å². The fourth-order valence-corrected chi connectivity index (χ4v) is 5.68. The number of amides is 2. The molecule has 0 saturated heterocycles. The molecule has 1 saturated carbocycles. The third kappa shape index (κ3) is 7.89. The van der Waals surface area contributed by atoms with Crippen LogP contribution in [0.2, 0.25) is 0 Å². The summed E-state index contributed by atoms with van der Waals surface area (Å²) in [6.07, 6.45) is 6.48. The third-order valence-corrected chi connectivity index (χ3v) is 8.26. The third-order valence-electron chi connectivity index (χ3n) is 6.40. The summed E-state index contributed by atoms with van der Waals surface area (Å²) in [5.74, 6) is -1.16. The van der Waals surface area contributed by atoms with Crippen LogP contribution in [0.3, 0.4) is 0 Å². The summed E-state index contributed by atoms with van der Waals surface area (Å²) in [4.78, 5) is 28.4. The van der Waals surface area contributed by atoms with Crippen LogP contribution >= 0.6 is 22.6 Å². The van der Waals surface area contributed by atoms with Crippen LogP contribution in [0.15, 0.2) is 48.5 Å². The Labute approximate surface area is 226 Å². The summed E-state index contributed by atoms with van der Waals surface area (Å²) in [6.45, 7) is 1.43. The monoisotopic (exact) mass is 629 g/mol. The van der Waals surface area contributed by atoms with Crippen LogP contribution in [0, 0.1) is 9.39 Å². The summed E-state index contributed by atoms with van der Waals surface area (Å²) in [7, 11) is -3.78. The molecule has 1 aliphatic rings. The van der Waals surface area contributed by atoms with Crippen LogP contribution in [0.25, 0.3) is 0 Å². The van der Waals surface area contributed by atoms with E-state index in [9.17, 15) is 22.4 Å². The zero-order valence-corrected chi connectivity index (χ0v) is 23.6. The minimum atomic E-state index is -3.78. The van der Waals surface area contributed by atoms with E-state index in [0.717, 1.165) is 46.2 Å². The predicted octanol–water partition coefficient (Wildman–Crippen LogP) is 4.45. The highest BCUT2D eigenvalue weighted by Crippen LogP contribution is 2.22. The van der Waals surface area contributed by atoms with Crippen molar-refractivity contribution < 1.29 is 22.4 Å². The first-order valence-electron chi connectivity index (χ1n) is 12.2. The van der Waals surface area contributed by atoms with E-state index < -0.39 is 34.3 Å². The van der Waals surface area contributed by atoms with Crippen molar-refractivity contribution in [3.05, 3.63) is 63.5 Å². The summed E-state index contributed by atoms with van der Waals surface area (Å²) in [5.41, 5.74) is 1.02. The number of carbonyl (C=O) groups is 2. The molecular weight excluding hydrogens is 596 g/mol. The van der Waals surface area contributed by atoms with Gasteiger partial charge in [0.15, 0.2) is 0 Å². The molecule has 10 heteroatoms. The van der Waals surface area contributed by atoms with Crippen LogP contribution in [-0.4, -0.2) is 50.0 Å². The Kier molecular flexibility index (Phi) is 10.1. The number of benzene rings is 2. The molecule has 2 aromatic rings. The van der Waals surface area contributed by atoms with Crippen molar-refractivity contribution in [2.75, 3.05) is 17.1 Å². The number of nitrogens with one attached hydrogen (secondary N) is 1. The lowest BCUT2D eigenvalue weighted by Gasteiger charge is -2.34. The smallest absolute Gasteiger partial charge is 0.244 e. The zero-order valence-electron chi connectivity index (χ0n) is 20.6. The quantitative estimate of drug-likeness (QED) is 0.394. The first kappa shape index (κ1) is 28.4. The van der Waals surface area contributed by atoms with E-state index in [1.807, 2.05) is 6.92 Å². The Morgan fingerprint density at radius 1 is 1.06 bits per heavy atom. The lowest BCUT2D eigenvalue weighted by atomic mass is 9.95. The molecule has 1 N–H and O–H groups in total. The van der Waals surface area contributed by atoms with Crippen molar-refractivity contribution in [1.29, 1.82) is 0 Å². The molecule has 1 aliphatic carbocycles. The van der Waals surface area contributed by atoms with Crippen molar-refractivity contribution in [2.45, 2.75) is 64.1 Å². The molecule has 36 heavy (non-hydrogen) atoms. The highest BCUT2D eigenvalue weighted by molar-refractivity contribution is 14.1. The molecule has 196 valence electrons. The van der Waals surface area contributed by atoms with Crippen LogP contribution in [0.1, 0.15) is 51.0 Å². The number of sulfonamides is 1. The largest absolute Gasteiger partial charge is 0.352 e. The molecule has 0 aliphatic heterocycles. The van der Waals surface area contributed by atoms with Crippen LogP contribution in [-0.2, 0) is 26.2 Å². The minimum absolute atomic E-state index is 0.0556. The summed E-state index contributed by atoms with van der Waals surface area (Å²) in [5, 5.41) is 3.10. The maximum Gasteiger partial charge on any atom is 0.244 e. The molecule has 0 heterocycles. The Morgan fingerprint density at radius 3 is 2.22 bits per heavy atom. The fourth-order valence-electron chi connectivity index (χ4n) is 4.47. The molecular formula is C26H33FIN3O4S. The highest BCUT2D eigenvalue weighted by atomic mass is 127. The maximum absolute atomic E-state index is 13.7. The predicted molar refractivity (Wildman–Crippen MR) is 147 cm³/mol. The number of carbonyl (C=O) groups excluding carboxylic acids is 2. The Balaban J connectivity index is 1.89. The van der Waals surface area contributed by atoms with Gasteiger partial charge in [-0.3, -0.25) is 13.9 Å². The lowest BCUT2D eigenvalue weighted by Crippen LogP contribution is -2.53. The number of hydrogen-bond donors (Lipinski definition) is 1. The molecule has 2 amide bonds. The second-order valence-corrected chi connectivity index (χ2v) is 12.3. The molecule has 0 radical (unpaired) electrons. The van der Waals surface area contributed by atoms with E-state index in [0.29, 0.717) is 17.7 Å². The van der Waals surface area contributed by atoms with Gasteiger partial charge in [0.05, 0.1) is 11.9 Å². The van der Waals surface area contributed by atoms with E-state index in [-0.39, 0.29) is 18.5 Å². The van der Waals surface area contributed by atoms with Crippen LogP contribution < -0.4 is 9.62 Å². The summed E-state index contributed by atoms with van der Waals surface area (Å²) >= 11 is 2.12. The van der Waals surface area contributed by atoms with Crippen LogP contribution in [0.5, 0.6) is 0 Å². The molecule has 7 nitrogen and oxygen atoms in total. The molecule has 0 spiro atoms. The van der Waals surface area contributed by atoms with Gasteiger partial charge in [0, 0.05) is 16.2 Å². The van der Waals surface area contributed by atoms with Gasteiger partial charge in [-0.25, -0.2) is 12.8 Å². The number of nitrogens with zero attached hydrogens (tertiary/aromatic N) is 2. The van der Waals surface area contributed by atoms with Gasteiger partial charge in [-0.15, -0.1) is 0 Å². The summed E-state index contributed by atoms with van der Waals surface area (Å²) in [6, 6.07) is 11.8. The molecule has 1 fully saturated rings. The van der Waals surface area contributed by atoms with Crippen molar-refractivity contribution >= 4 is 50.1 Å². The van der Waals surface area contributed by atoms with Gasteiger partial charge in [-0.05, 0) is 83.8 Å². The standard InChI is InChI=1S/C26H33FIN3O4S/c1-3-24(26(33)29-22-7-5-4-6-8-22)30(17-19-9-11-20(27)12-10-19)25(32)18-31(36(2,34)35)23-15-13-21(28)14-16-23/h9-16,22,24H,3-8,17-18H2,1-2H3,(H,29,33)/t24-/m1/s1. The molecule has 2 aromatic carbocycles. The van der Waals surface area contributed by atoms with E-state index in [1.54, 1.807) is 36.4 Å². The number of halogens is 2. The van der Waals surface area contributed by atoms with Crippen LogP contribution in [0.4, 0.5) is 10.1 Å². The first-order valence-corrected chi connectivity index (χ1v) is 15.1. The Hall–Kier alpha value is -2.21. The first-order chi connectivity index (χ1) is 17.1. The van der Waals surface area contributed by atoms with E-state index >= 15 is 0 Å². The Morgan fingerprint density at radius 2 is 1.67 bits per heavy atom. The average molecular weight is 630 g/mol. The second kappa shape index (κ2) is 12.8. The average Bonchev–Trinajstić information content (AvgIpc) is 2.84. The lowest BCUT2D eigenvalue weighted by molar-refractivity contribution is -0.140. The molecule has 0 aromatic heterocycles. The molecule has 3 rings (SSSR count). The van der Waals surface area contributed by atoms with Gasteiger partial charge in [0.25, 0.3) is 0 Å². The van der Waals surface area contributed by atoms with Gasteiger partial charge in [0.1, 0.15) is 18.4 Å². The molecule has 0 bridgehead atoms. The van der Waals surface area contributed by atoms with Gasteiger partial charge in [0.2, 0.25) is 21.8 Å². The fraction of sp³-hybridized carbons (Fsp3) is 0.462. The molecule has 1 atom stereocenters. The van der Waals surface area contributed by atoms with E-state index in [4.69, 9.17) is 0 Å². The minimum Gasteiger partial charge on any atom is -0.352 e. The van der Waals surface area contributed by atoms with E-state index in [2.05, 4.69) is 27.9 Å². The normalized spacial score (nSPS) is 15.2. The number of hydrogen-bond acceptors (Lipinski definition) is 4. The highest BCUT2D eigenvalue weighted by Gasteiger charge is 2.32. The van der Waals surface area contributed by atoms with Crippen molar-refractivity contribution in [1.82, 2.24) is 10.2 Å². The van der Waals surface area contributed by atoms with Gasteiger partial charge < -0.3 is 10.2 Å². The SMILES string of the molecule is CC[C@H](C(=O)NC1CCCCC1)N(Cc1ccc(F)cc1)C(=O)CN(c1ccc(I)cc1)S(C)(=O)=O. The number of rotatable bonds is 10. The van der Waals surface area contributed by atoms with Crippen molar-refractivity contribution in [3.8, 4) is 0 Å². The summed E-state index contributed by atoms with van der Waals surface area (Å²) < 4.78 is 40.8. The second-order valence-electron chi connectivity index (χ2n) is 9.16. The van der Waals surface area contributed by atoms with Crippen molar-refractivity contribution in [2.24, 2.45) is 0 Å². The van der Waals surface area contributed by atoms with Gasteiger partial charge in [-0.1, -0.05) is 38.3 Å². The van der Waals surface area contributed by atoms with E-state index in [1.165, 1.54) is 17.0 Å². The molecule has 0 unspecified atom stereocenters. The van der Waals surface area contributed by atoms with Crippen molar-refractivity contribution in [3.63, 3.8) is 0 Å². The van der Waals surface area contributed by atoms with Gasteiger partial charge >= 0.3 is 0 Å².